The van der Waals surface area contributed by atoms with Crippen LogP contribution >= 0.6 is 11.3 Å². The molecule has 1 aliphatic rings. The Morgan fingerprint density at radius 3 is 2.65 bits per heavy atom. The summed E-state index contributed by atoms with van der Waals surface area (Å²) < 4.78 is 10.7. The molecule has 8 nitrogen and oxygen atoms in total. The zero-order chi connectivity index (χ0) is 21.2. The van der Waals surface area contributed by atoms with Crippen LogP contribution in [0.2, 0.25) is 0 Å². The first-order valence-corrected chi connectivity index (χ1v) is 10.5. The molecule has 0 saturated carbocycles. The Morgan fingerprint density at radius 1 is 1.10 bits per heavy atom. The smallest absolute Gasteiger partial charge is 0.334 e. The van der Waals surface area contributed by atoms with Crippen LogP contribution in [0.4, 0.5) is 5.13 Å². The molecule has 1 aliphatic heterocycles. The predicted octanol–water partition coefficient (Wildman–Crippen LogP) is 3.82. The van der Waals surface area contributed by atoms with Crippen molar-refractivity contribution in [3.63, 3.8) is 0 Å². The van der Waals surface area contributed by atoms with Crippen LogP contribution in [0.15, 0.2) is 65.8 Å². The lowest BCUT2D eigenvalue weighted by Crippen LogP contribution is -2.46. The number of aliphatic carboxylic acids is 1. The molecule has 4 heterocycles. The Kier molecular flexibility index (Phi) is 5.19. The van der Waals surface area contributed by atoms with Gasteiger partial charge in [-0.3, -0.25) is 4.98 Å². The molecule has 0 bridgehead atoms. The van der Waals surface area contributed by atoms with Gasteiger partial charge in [-0.2, -0.15) is 0 Å². The molecule has 0 aliphatic carbocycles. The van der Waals surface area contributed by atoms with Crippen LogP contribution in [0.5, 0.6) is 0 Å². The van der Waals surface area contributed by atoms with Crippen LogP contribution in [-0.4, -0.2) is 51.8 Å². The van der Waals surface area contributed by atoms with E-state index >= 15 is 0 Å². The van der Waals surface area contributed by atoms with E-state index in [0.717, 1.165) is 32.4 Å². The maximum atomic E-state index is 11.4. The second-order valence-corrected chi connectivity index (χ2v) is 7.98. The molecule has 31 heavy (non-hydrogen) atoms. The number of hydrogen-bond acceptors (Lipinski definition) is 8. The monoisotopic (exact) mass is 434 g/mol. The minimum absolute atomic E-state index is 0.263. The number of ether oxygens (including phenoxy) is 1. The summed E-state index contributed by atoms with van der Waals surface area (Å²) in [4.78, 5) is 27.5. The molecule has 1 unspecified atom stereocenters. The number of aromatic nitrogens is 3. The molecule has 0 spiro atoms. The maximum absolute atomic E-state index is 11.4. The summed E-state index contributed by atoms with van der Waals surface area (Å²) in [6.07, 6.45) is 5.77. The van der Waals surface area contributed by atoms with Gasteiger partial charge < -0.3 is 19.2 Å². The minimum Gasteiger partial charge on any atom is -0.479 e. The molecule has 0 amide bonds. The van der Waals surface area contributed by atoms with Gasteiger partial charge in [0.05, 0.1) is 29.9 Å². The van der Waals surface area contributed by atoms with Crippen LogP contribution in [0, 0.1) is 0 Å². The fourth-order valence-corrected chi connectivity index (χ4v) is 4.57. The van der Waals surface area contributed by atoms with E-state index in [1.165, 1.54) is 17.7 Å². The van der Waals surface area contributed by atoms with Crippen LogP contribution in [0.3, 0.4) is 0 Å². The van der Waals surface area contributed by atoms with Crippen molar-refractivity contribution in [1.29, 1.82) is 0 Å². The van der Waals surface area contributed by atoms with Crippen molar-refractivity contribution >= 4 is 22.4 Å². The number of hydrogen-bond donors (Lipinski definition) is 1. The largest absolute Gasteiger partial charge is 0.479 e. The molecule has 5 rings (SSSR count). The lowest BCUT2D eigenvalue weighted by molar-refractivity contribution is -0.150. The molecule has 156 valence electrons. The number of anilines is 1. The standard InChI is InChI=1S/C22H18N4O4S/c27-21(28)18-12-26(8-9-29-18)22-25-19(20(31-22)16-2-1-7-23-10-16)15-5-3-14(4-6-15)17-11-24-13-30-17/h1-7,10-11,13,18H,8-9,12H2,(H,27,28). The van der Waals surface area contributed by atoms with E-state index in [4.69, 9.17) is 14.1 Å². The minimum atomic E-state index is -0.961. The van der Waals surface area contributed by atoms with E-state index < -0.39 is 12.1 Å². The molecule has 1 atom stereocenters. The molecule has 1 saturated heterocycles. The van der Waals surface area contributed by atoms with Gasteiger partial charge in [-0.05, 0) is 6.07 Å². The summed E-state index contributed by atoms with van der Waals surface area (Å²) in [5.41, 5.74) is 3.67. The molecule has 1 aromatic carbocycles. The summed E-state index contributed by atoms with van der Waals surface area (Å²) in [7, 11) is 0. The maximum Gasteiger partial charge on any atom is 0.334 e. The van der Waals surface area contributed by atoms with Crippen molar-refractivity contribution in [2.75, 3.05) is 24.6 Å². The number of nitrogens with zero attached hydrogens (tertiary/aromatic N) is 4. The van der Waals surface area contributed by atoms with Crippen LogP contribution in [0.1, 0.15) is 0 Å². The third kappa shape index (κ3) is 3.92. The van der Waals surface area contributed by atoms with Crippen LogP contribution < -0.4 is 4.90 Å². The fraction of sp³-hybridized carbons (Fsp3) is 0.182. The van der Waals surface area contributed by atoms with Crippen LogP contribution in [0.25, 0.3) is 33.0 Å². The molecule has 4 aromatic rings. The zero-order valence-electron chi connectivity index (χ0n) is 16.3. The van der Waals surface area contributed by atoms with E-state index in [9.17, 15) is 9.90 Å². The summed E-state index contributed by atoms with van der Waals surface area (Å²) in [5, 5.41) is 10.1. The van der Waals surface area contributed by atoms with Crippen LogP contribution in [-0.2, 0) is 9.53 Å². The number of pyridine rings is 1. The van der Waals surface area contributed by atoms with E-state index in [1.54, 1.807) is 12.4 Å². The number of rotatable bonds is 5. The van der Waals surface area contributed by atoms with Crippen molar-refractivity contribution in [1.82, 2.24) is 15.0 Å². The number of carboxylic acids is 1. The molecular weight excluding hydrogens is 416 g/mol. The first kappa shape index (κ1) is 19.4. The SMILES string of the molecule is O=C(O)C1CN(c2nc(-c3ccc(-c4cnco4)cc3)c(-c3cccnc3)s2)CCO1. The summed E-state index contributed by atoms with van der Waals surface area (Å²) in [5.74, 6) is -0.261. The first-order chi connectivity index (χ1) is 15.2. The molecular formula is C22H18N4O4S. The van der Waals surface area contributed by atoms with Gasteiger partial charge in [0.2, 0.25) is 0 Å². The lowest BCUT2D eigenvalue weighted by Gasteiger charge is -2.30. The number of oxazole rings is 1. The highest BCUT2D eigenvalue weighted by Crippen LogP contribution is 2.41. The third-order valence-electron chi connectivity index (χ3n) is 5.03. The number of morpholine rings is 1. The molecule has 0 radical (unpaired) electrons. The van der Waals surface area contributed by atoms with Gasteiger partial charge in [-0.25, -0.2) is 14.8 Å². The fourth-order valence-electron chi connectivity index (χ4n) is 3.46. The van der Waals surface area contributed by atoms with E-state index in [2.05, 4.69) is 9.97 Å². The third-order valence-corrected chi connectivity index (χ3v) is 6.19. The lowest BCUT2D eigenvalue weighted by atomic mass is 10.1. The molecule has 1 N–H and O–H groups in total. The highest BCUT2D eigenvalue weighted by Gasteiger charge is 2.29. The number of carboxylic acid groups (broad SMARTS) is 1. The van der Waals surface area contributed by atoms with Gasteiger partial charge in [0.25, 0.3) is 0 Å². The Morgan fingerprint density at radius 2 is 1.94 bits per heavy atom. The Bertz CT molecular complexity index is 1180. The molecule has 1 fully saturated rings. The van der Waals surface area contributed by atoms with Gasteiger partial charge in [0, 0.05) is 35.6 Å². The van der Waals surface area contributed by atoms with Crippen molar-refractivity contribution in [2.45, 2.75) is 6.10 Å². The van der Waals surface area contributed by atoms with Gasteiger partial charge in [-0.15, -0.1) is 0 Å². The van der Waals surface area contributed by atoms with E-state index in [0.29, 0.717) is 18.9 Å². The normalized spacial score (nSPS) is 16.4. The highest BCUT2D eigenvalue weighted by molar-refractivity contribution is 7.19. The highest BCUT2D eigenvalue weighted by atomic mass is 32.1. The Labute approximate surface area is 181 Å². The number of thiazole rings is 1. The average molecular weight is 434 g/mol. The second kappa shape index (κ2) is 8.29. The predicted molar refractivity (Wildman–Crippen MR) is 116 cm³/mol. The van der Waals surface area contributed by atoms with E-state index in [1.807, 2.05) is 47.5 Å². The van der Waals surface area contributed by atoms with Gasteiger partial charge in [0.15, 0.2) is 23.4 Å². The second-order valence-electron chi connectivity index (χ2n) is 7.00. The summed E-state index contributed by atoms with van der Waals surface area (Å²) in [6.45, 7) is 1.20. The topological polar surface area (TPSA) is 102 Å². The first-order valence-electron chi connectivity index (χ1n) is 9.69. The number of carbonyl (C=O) groups is 1. The Hall–Kier alpha value is -3.56. The summed E-state index contributed by atoms with van der Waals surface area (Å²) in [6, 6.07) is 11.8. The van der Waals surface area contributed by atoms with Gasteiger partial charge in [0.1, 0.15) is 0 Å². The zero-order valence-corrected chi connectivity index (χ0v) is 17.2. The van der Waals surface area contributed by atoms with E-state index in [-0.39, 0.29) is 6.54 Å². The van der Waals surface area contributed by atoms with Gasteiger partial charge in [-0.1, -0.05) is 41.7 Å². The average Bonchev–Trinajstić information content (AvgIpc) is 3.51. The summed E-state index contributed by atoms with van der Waals surface area (Å²) >= 11 is 1.53. The van der Waals surface area contributed by atoms with Gasteiger partial charge >= 0.3 is 5.97 Å². The molecule has 3 aromatic heterocycles. The van der Waals surface area contributed by atoms with Crippen molar-refractivity contribution in [3.05, 3.63) is 61.4 Å². The quantitative estimate of drug-likeness (QED) is 0.506. The Balaban J connectivity index is 1.53. The van der Waals surface area contributed by atoms with Crippen molar-refractivity contribution in [2.24, 2.45) is 0 Å². The van der Waals surface area contributed by atoms with Crippen molar-refractivity contribution in [3.8, 4) is 33.0 Å². The number of benzene rings is 1. The van der Waals surface area contributed by atoms with Crippen molar-refractivity contribution < 1.29 is 19.1 Å². The molecule has 9 heteroatoms.